The van der Waals surface area contributed by atoms with E-state index in [0.717, 1.165) is 31.8 Å². The zero-order valence-corrected chi connectivity index (χ0v) is 13.2. The van der Waals surface area contributed by atoms with Gasteiger partial charge >= 0.3 is 0 Å². The van der Waals surface area contributed by atoms with E-state index in [1.54, 1.807) is 6.20 Å². The van der Waals surface area contributed by atoms with Crippen molar-refractivity contribution in [3.05, 3.63) is 30.4 Å². The monoisotopic (exact) mass is 287 g/mol. The number of carbonyl (C=O) groups is 1. The summed E-state index contributed by atoms with van der Waals surface area (Å²) in [5.41, 5.74) is 0. The first-order chi connectivity index (χ1) is 10.1. The number of fused-ring (bicyclic) bond motifs is 1. The van der Waals surface area contributed by atoms with Crippen molar-refractivity contribution in [2.75, 3.05) is 13.1 Å². The summed E-state index contributed by atoms with van der Waals surface area (Å²) in [7, 11) is 0. The van der Waals surface area contributed by atoms with Crippen molar-refractivity contribution < 1.29 is 4.79 Å². The number of carbonyl (C=O) groups excluding carboxylic acids is 1. The highest BCUT2D eigenvalue weighted by Crippen LogP contribution is 2.34. The van der Waals surface area contributed by atoms with E-state index < -0.39 is 0 Å². The van der Waals surface area contributed by atoms with Crippen LogP contribution in [0.4, 0.5) is 0 Å². The highest BCUT2D eigenvalue weighted by molar-refractivity contribution is 5.80. The third kappa shape index (κ3) is 2.63. The lowest BCUT2D eigenvalue weighted by Crippen LogP contribution is -2.35. The predicted octanol–water partition coefficient (Wildman–Crippen LogP) is 2.99. The lowest BCUT2D eigenvalue weighted by molar-refractivity contribution is -0.133. The number of likely N-dealkylation sites (tertiary alicyclic amines) is 1. The number of aromatic nitrogens is 2. The molecule has 3 rings (SSSR count). The van der Waals surface area contributed by atoms with Gasteiger partial charge in [-0.15, -0.1) is 0 Å². The molecule has 0 radical (unpaired) electrons. The van der Waals surface area contributed by atoms with Crippen LogP contribution in [-0.4, -0.2) is 33.4 Å². The maximum atomic E-state index is 12.8. The largest absolute Gasteiger partial charge is 0.340 e. The Labute approximate surface area is 126 Å². The van der Waals surface area contributed by atoms with Crippen molar-refractivity contribution in [2.24, 2.45) is 11.8 Å². The molecule has 1 aliphatic carbocycles. The molecule has 0 N–H and O–H groups in total. The van der Waals surface area contributed by atoms with Crippen LogP contribution >= 0.6 is 0 Å². The maximum absolute atomic E-state index is 12.8. The zero-order valence-electron chi connectivity index (χ0n) is 13.2. The van der Waals surface area contributed by atoms with Gasteiger partial charge in [-0.25, -0.2) is 4.98 Å². The van der Waals surface area contributed by atoms with Crippen molar-refractivity contribution in [3.8, 4) is 0 Å². The van der Waals surface area contributed by atoms with Crippen molar-refractivity contribution >= 4 is 5.91 Å². The second-order valence-electron chi connectivity index (χ2n) is 6.73. The summed E-state index contributed by atoms with van der Waals surface area (Å²) in [6.45, 7) is 8.07. The molecular weight excluding hydrogens is 262 g/mol. The molecule has 0 aromatic carbocycles. The molecule has 0 saturated carbocycles. The molecule has 1 amide bonds. The van der Waals surface area contributed by atoms with E-state index in [4.69, 9.17) is 0 Å². The Balaban J connectivity index is 1.72. The van der Waals surface area contributed by atoms with E-state index in [9.17, 15) is 4.79 Å². The Hall–Kier alpha value is -1.58. The fraction of sp³-hybridized carbons (Fsp3) is 0.647. The number of imidazole rings is 1. The summed E-state index contributed by atoms with van der Waals surface area (Å²) >= 11 is 0. The Morgan fingerprint density at radius 2 is 1.81 bits per heavy atom. The van der Waals surface area contributed by atoms with Gasteiger partial charge in [0.15, 0.2) is 0 Å². The van der Waals surface area contributed by atoms with Gasteiger partial charge in [-0.1, -0.05) is 26.0 Å². The van der Waals surface area contributed by atoms with Gasteiger partial charge in [0.2, 0.25) is 5.91 Å². The number of hydrogen-bond acceptors (Lipinski definition) is 2. The van der Waals surface area contributed by atoms with Gasteiger partial charge in [-0.3, -0.25) is 4.79 Å². The third-order valence-electron chi connectivity index (χ3n) is 4.92. The smallest absolute Gasteiger partial charge is 0.245 e. The van der Waals surface area contributed by atoms with Crippen LogP contribution in [0.1, 0.15) is 51.4 Å². The highest BCUT2D eigenvalue weighted by Gasteiger charge is 2.37. The molecule has 21 heavy (non-hydrogen) atoms. The van der Waals surface area contributed by atoms with Gasteiger partial charge in [-0.05, 0) is 31.6 Å². The molecule has 4 nitrogen and oxygen atoms in total. The highest BCUT2D eigenvalue weighted by atomic mass is 16.2. The fourth-order valence-corrected chi connectivity index (χ4v) is 3.68. The minimum absolute atomic E-state index is 0.155. The Bertz CT molecular complexity index is 530. The molecule has 2 aliphatic rings. The van der Waals surface area contributed by atoms with Crippen molar-refractivity contribution in [1.29, 1.82) is 0 Å². The predicted molar refractivity (Wildman–Crippen MR) is 83.0 cm³/mol. The standard InChI is InChI=1S/C17H25N3O/c1-12(2)16-18-8-9-20(16)13(3)17(21)19-10-14-6-4-5-7-15(14)11-19/h4-5,8-9,12-15H,6-7,10-11H2,1-3H3/t13-,14-,15+/m0/s1. The molecule has 114 valence electrons. The molecule has 2 heterocycles. The van der Waals surface area contributed by atoms with Crippen molar-refractivity contribution in [3.63, 3.8) is 0 Å². The minimum Gasteiger partial charge on any atom is -0.340 e. The van der Waals surface area contributed by atoms with Crippen LogP contribution in [0.25, 0.3) is 0 Å². The molecule has 0 unspecified atom stereocenters. The van der Waals surface area contributed by atoms with E-state index in [1.807, 2.05) is 17.7 Å². The molecule has 1 aromatic heterocycles. The summed E-state index contributed by atoms with van der Waals surface area (Å²) in [5.74, 6) is 2.90. The summed E-state index contributed by atoms with van der Waals surface area (Å²) in [6.07, 6.45) is 10.5. The number of rotatable bonds is 3. The summed E-state index contributed by atoms with van der Waals surface area (Å²) in [5, 5.41) is 0. The van der Waals surface area contributed by atoms with Crippen LogP contribution in [0.5, 0.6) is 0 Å². The first-order valence-corrected chi connectivity index (χ1v) is 8.04. The zero-order chi connectivity index (χ0) is 15.0. The van der Waals surface area contributed by atoms with E-state index in [-0.39, 0.29) is 11.9 Å². The van der Waals surface area contributed by atoms with Gasteiger partial charge in [0, 0.05) is 31.4 Å². The van der Waals surface area contributed by atoms with Crippen LogP contribution in [-0.2, 0) is 4.79 Å². The van der Waals surface area contributed by atoms with Crippen LogP contribution in [0.15, 0.2) is 24.5 Å². The fourth-order valence-electron chi connectivity index (χ4n) is 3.68. The lowest BCUT2D eigenvalue weighted by atomic mass is 9.86. The van der Waals surface area contributed by atoms with E-state index >= 15 is 0 Å². The van der Waals surface area contributed by atoms with Crippen molar-refractivity contribution in [1.82, 2.24) is 14.5 Å². The first kappa shape index (κ1) is 14.4. The molecule has 1 fully saturated rings. The normalized spacial score (nSPS) is 26.2. The minimum atomic E-state index is -0.155. The van der Waals surface area contributed by atoms with E-state index in [0.29, 0.717) is 17.8 Å². The quantitative estimate of drug-likeness (QED) is 0.802. The van der Waals surface area contributed by atoms with Crippen LogP contribution < -0.4 is 0 Å². The van der Waals surface area contributed by atoms with Gasteiger partial charge in [-0.2, -0.15) is 0 Å². The molecule has 1 aromatic rings. The van der Waals surface area contributed by atoms with E-state index in [1.165, 1.54) is 0 Å². The number of nitrogens with zero attached hydrogens (tertiary/aromatic N) is 3. The second-order valence-corrected chi connectivity index (χ2v) is 6.73. The molecule has 1 saturated heterocycles. The average molecular weight is 287 g/mol. The topological polar surface area (TPSA) is 38.1 Å². The first-order valence-electron chi connectivity index (χ1n) is 8.04. The molecule has 0 spiro atoms. The summed E-state index contributed by atoms with van der Waals surface area (Å²) < 4.78 is 2.03. The number of hydrogen-bond donors (Lipinski definition) is 0. The van der Waals surface area contributed by atoms with Gasteiger partial charge < -0.3 is 9.47 Å². The van der Waals surface area contributed by atoms with Gasteiger partial charge in [0.25, 0.3) is 0 Å². The molecule has 4 heteroatoms. The van der Waals surface area contributed by atoms with Gasteiger partial charge in [0.1, 0.15) is 11.9 Å². The Kier molecular flexibility index (Phi) is 3.87. The third-order valence-corrected chi connectivity index (χ3v) is 4.92. The Morgan fingerprint density at radius 3 is 2.38 bits per heavy atom. The van der Waals surface area contributed by atoms with Crippen LogP contribution in [0.2, 0.25) is 0 Å². The van der Waals surface area contributed by atoms with E-state index in [2.05, 4.69) is 35.9 Å². The molecule has 0 bridgehead atoms. The molecule has 1 aliphatic heterocycles. The summed E-state index contributed by atoms with van der Waals surface area (Å²) in [6, 6.07) is -0.155. The lowest BCUT2D eigenvalue weighted by Gasteiger charge is -2.23. The average Bonchev–Trinajstić information content (AvgIpc) is 3.11. The number of amides is 1. The Morgan fingerprint density at radius 1 is 1.19 bits per heavy atom. The van der Waals surface area contributed by atoms with Crippen LogP contribution in [0.3, 0.4) is 0 Å². The van der Waals surface area contributed by atoms with Crippen LogP contribution in [0, 0.1) is 11.8 Å². The molecule has 3 atom stereocenters. The second kappa shape index (κ2) is 5.66. The van der Waals surface area contributed by atoms with Gasteiger partial charge in [0.05, 0.1) is 0 Å². The number of allylic oxidation sites excluding steroid dienone is 2. The summed E-state index contributed by atoms with van der Waals surface area (Å²) in [4.78, 5) is 19.3. The maximum Gasteiger partial charge on any atom is 0.245 e. The SMILES string of the molecule is CC(C)c1nccn1[C@@H](C)C(=O)N1C[C@H]2CC=CC[C@H]2C1. The van der Waals surface area contributed by atoms with Crippen molar-refractivity contribution in [2.45, 2.75) is 45.6 Å². The molecular formula is C17H25N3O.